The molecule has 2 fully saturated rings. The van der Waals surface area contributed by atoms with Crippen LogP contribution in [0.15, 0.2) is 42.9 Å². The van der Waals surface area contributed by atoms with Gasteiger partial charge in [-0.2, -0.15) is 5.10 Å². The maximum atomic E-state index is 12.0. The van der Waals surface area contributed by atoms with E-state index in [0.29, 0.717) is 35.9 Å². The Morgan fingerprint density at radius 2 is 2.03 bits per heavy atom. The molecule has 0 radical (unpaired) electrons. The average molecular weight is 454 g/mol. The van der Waals surface area contributed by atoms with Crippen LogP contribution in [0.5, 0.6) is 0 Å². The summed E-state index contributed by atoms with van der Waals surface area (Å²) >= 11 is 6.39. The second-order valence-electron chi connectivity index (χ2n) is 8.10. The minimum atomic E-state index is -0.0391. The number of nitrogens with one attached hydrogen (secondary N) is 1. The van der Waals surface area contributed by atoms with Crippen LogP contribution in [0.3, 0.4) is 0 Å². The monoisotopic (exact) mass is 453 g/mol. The number of nitrogens with two attached hydrogens (primary N) is 1. The largest absolute Gasteiger partial charge is 0.370 e. The quantitative estimate of drug-likeness (QED) is 0.610. The van der Waals surface area contributed by atoms with E-state index in [0.717, 1.165) is 36.2 Å². The molecule has 1 aliphatic carbocycles. The van der Waals surface area contributed by atoms with Crippen molar-refractivity contribution in [2.45, 2.75) is 31.3 Å². The van der Waals surface area contributed by atoms with Crippen molar-refractivity contribution >= 4 is 34.8 Å². The van der Waals surface area contributed by atoms with E-state index < -0.39 is 0 Å². The van der Waals surface area contributed by atoms with Crippen LogP contribution >= 0.6 is 11.6 Å². The first-order valence-electron chi connectivity index (χ1n) is 10.6. The maximum absolute atomic E-state index is 12.0. The SMILES string of the molecule is N[C@@H]1CC[C@H](n2cc(-c3nc(Nc4ccc(N5CCOCC5=O)cc4)ncc3Cl)cn2)C1. The van der Waals surface area contributed by atoms with Crippen molar-refractivity contribution in [3.8, 4) is 11.3 Å². The lowest BCUT2D eigenvalue weighted by Gasteiger charge is -2.26. The lowest BCUT2D eigenvalue weighted by atomic mass is 10.2. The molecule has 32 heavy (non-hydrogen) atoms. The average Bonchev–Trinajstić information content (AvgIpc) is 3.45. The van der Waals surface area contributed by atoms with E-state index in [-0.39, 0.29) is 18.6 Å². The van der Waals surface area contributed by atoms with Gasteiger partial charge in [-0.25, -0.2) is 9.97 Å². The molecule has 2 atom stereocenters. The molecule has 2 aromatic heterocycles. The van der Waals surface area contributed by atoms with Crippen LogP contribution in [0.2, 0.25) is 5.02 Å². The molecule has 1 saturated carbocycles. The number of aromatic nitrogens is 4. The van der Waals surface area contributed by atoms with Crippen LogP contribution in [0.1, 0.15) is 25.3 Å². The highest BCUT2D eigenvalue weighted by atomic mass is 35.5. The summed E-state index contributed by atoms with van der Waals surface area (Å²) in [6.07, 6.45) is 8.29. The molecule has 9 nitrogen and oxygen atoms in total. The first-order chi connectivity index (χ1) is 15.6. The number of amides is 1. The molecule has 5 rings (SSSR count). The van der Waals surface area contributed by atoms with E-state index in [2.05, 4.69) is 20.4 Å². The first kappa shape index (κ1) is 20.9. The van der Waals surface area contributed by atoms with Gasteiger partial charge in [-0.1, -0.05) is 11.6 Å². The van der Waals surface area contributed by atoms with Gasteiger partial charge in [0.2, 0.25) is 5.95 Å². The Labute approximate surface area is 190 Å². The van der Waals surface area contributed by atoms with Gasteiger partial charge in [0.05, 0.1) is 35.8 Å². The van der Waals surface area contributed by atoms with Gasteiger partial charge in [0.15, 0.2) is 0 Å². The van der Waals surface area contributed by atoms with Crippen molar-refractivity contribution in [3.05, 3.63) is 47.9 Å². The van der Waals surface area contributed by atoms with Crippen LogP contribution in [-0.2, 0) is 9.53 Å². The van der Waals surface area contributed by atoms with E-state index in [1.807, 2.05) is 35.1 Å². The summed E-state index contributed by atoms with van der Waals surface area (Å²) in [5, 5.41) is 8.16. The summed E-state index contributed by atoms with van der Waals surface area (Å²) < 4.78 is 7.14. The molecular weight excluding hydrogens is 430 g/mol. The predicted octanol–water partition coefficient (Wildman–Crippen LogP) is 3.15. The Balaban J connectivity index is 1.32. The minimum Gasteiger partial charge on any atom is -0.370 e. The molecule has 1 saturated heterocycles. The Hall–Kier alpha value is -3.01. The fraction of sp³-hybridized carbons (Fsp3) is 0.364. The smallest absolute Gasteiger partial charge is 0.253 e. The summed E-state index contributed by atoms with van der Waals surface area (Å²) in [6, 6.07) is 8.10. The minimum absolute atomic E-state index is 0.0391. The van der Waals surface area contributed by atoms with E-state index in [4.69, 9.17) is 22.1 Å². The van der Waals surface area contributed by atoms with Gasteiger partial charge in [0.1, 0.15) is 6.61 Å². The third-order valence-electron chi connectivity index (χ3n) is 5.86. The number of rotatable bonds is 5. The Bertz CT molecular complexity index is 1120. The van der Waals surface area contributed by atoms with E-state index >= 15 is 0 Å². The molecule has 0 bridgehead atoms. The maximum Gasteiger partial charge on any atom is 0.253 e. The molecule has 1 aromatic carbocycles. The summed E-state index contributed by atoms with van der Waals surface area (Å²) in [5.41, 5.74) is 9.13. The number of anilines is 3. The normalized spacial score (nSPS) is 21.2. The van der Waals surface area contributed by atoms with Crippen molar-refractivity contribution in [2.75, 3.05) is 30.0 Å². The van der Waals surface area contributed by atoms with Crippen LogP contribution in [0.4, 0.5) is 17.3 Å². The van der Waals surface area contributed by atoms with Gasteiger partial charge in [-0.15, -0.1) is 0 Å². The van der Waals surface area contributed by atoms with E-state index in [1.54, 1.807) is 17.3 Å². The van der Waals surface area contributed by atoms with Crippen LogP contribution in [-0.4, -0.2) is 51.5 Å². The molecular formula is C22H24ClN7O2. The molecule has 0 unspecified atom stereocenters. The van der Waals surface area contributed by atoms with Crippen molar-refractivity contribution < 1.29 is 9.53 Å². The second kappa shape index (κ2) is 8.85. The summed E-state index contributed by atoms with van der Waals surface area (Å²) in [6.45, 7) is 1.21. The number of halogens is 1. The summed E-state index contributed by atoms with van der Waals surface area (Å²) in [4.78, 5) is 22.6. The fourth-order valence-electron chi connectivity index (χ4n) is 4.17. The molecule has 166 valence electrons. The van der Waals surface area contributed by atoms with Gasteiger partial charge in [0.25, 0.3) is 5.91 Å². The molecule has 3 aromatic rings. The number of hydrogen-bond acceptors (Lipinski definition) is 7. The highest BCUT2D eigenvalue weighted by molar-refractivity contribution is 6.32. The molecule has 3 heterocycles. The number of carbonyl (C=O) groups is 1. The van der Waals surface area contributed by atoms with Gasteiger partial charge < -0.3 is 20.7 Å². The summed E-state index contributed by atoms with van der Waals surface area (Å²) in [7, 11) is 0. The van der Waals surface area contributed by atoms with Crippen LogP contribution < -0.4 is 16.0 Å². The van der Waals surface area contributed by atoms with Gasteiger partial charge in [-0.3, -0.25) is 9.48 Å². The fourth-order valence-corrected chi connectivity index (χ4v) is 4.37. The van der Waals surface area contributed by atoms with E-state index in [9.17, 15) is 4.79 Å². The van der Waals surface area contributed by atoms with Crippen molar-refractivity contribution in [1.29, 1.82) is 0 Å². The van der Waals surface area contributed by atoms with Crippen LogP contribution in [0.25, 0.3) is 11.3 Å². The number of nitrogens with zero attached hydrogens (tertiary/aromatic N) is 5. The lowest BCUT2D eigenvalue weighted by molar-refractivity contribution is -0.125. The third-order valence-corrected chi connectivity index (χ3v) is 6.14. The third kappa shape index (κ3) is 4.32. The topological polar surface area (TPSA) is 111 Å². The number of hydrogen-bond donors (Lipinski definition) is 2. The Morgan fingerprint density at radius 1 is 1.19 bits per heavy atom. The van der Waals surface area contributed by atoms with Gasteiger partial charge >= 0.3 is 0 Å². The van der Waals surface area contributed by atoms with Gasteiger partial charge in [-0.05, 0) is 43.5 Å². The zero-order valence-electron chi connectivity index (χ0n) is 17.4. The van der Waals surface area contributed by atoms with Crippen LogP contribution in [0, 0.1) is 0 Å². The number of carbonyl (C=O) groups excluding carboxylic acids is 1. The highest BCUT2D eigenvalue weighted by Gasteiger charge is 2.24. The van der Waals surface area contributed by atoms with Crippen molar-refractivity contribution in [3.63, 3.8) is 0 Å². The van der Waals surface area contributed by atoms with Gasteiger partial charge in [0, 0.05) is 35.7 Å². The second-order valence-corrected chi connectivity index (χ2v) is 8.50. The standard InChI is InChI=1S/C22H24ClN7O2/c23-19-11-25-22(27-16-2-5-17(6-3-16)29-7-8-32-13-20(29)31)28-21(19)14-10-26-30(12-14)18-4-1-15(24)9-18/h2-3,5-6,10-12,15,18H,1,4,7-9,13,24H2,(H,25,27,28)/t15-,18+/m1/s1. The molecule has 10 heteroatoms. The number of benzene rings is 1. The first-order valence-corrected chi connectivity index (χ1v) is 11.0. The predicted molar refractivity (Wildman–Crippen MR) is 122 cm³/mol. The highest BCUT2D eigenvalue weighted by Crippen LogP contribution is 2.32. The van der Waals surface area contributed by atoms with Crippen molar-refractivity contribution in [2.24, 2.45) is 5.73 Å². The Morgan fingerprint density at radius 3 is 2.78 bits per heavy atom. The zero-order valence-corrected chi connectivity index (χ0v) is 18.2. The number of ether oxygens (including phenoxy) is 1. The van der Waals surface area contributed by atoms with E-state index in [1.165, 1.54) is 0 Å². The molecule has 2 aliphatic rings. The molecule has 1 amide bonds. The Kier molecular flexibility index (Phi) is 5.77. The molecule has 3 N–H and O–H groups in total. The number of morpholine rings is 1. The molecule has 0 spiro atoms. The lowest BCUT2D eigenvalue weighted by Crippen LogP contribution is -2.41. The molecule has 1 aliphatic heterocycles. The van der Waals surface area contributed by atoms with Crippen molar-refractivity contribution in [1.82, 2.24) is 19.7 Å². The summed E-state index contributed by atoms with van der Waals surface area (Å²) in [5.74, 6) is 0.387. The zero-order chi connectivity index (χ0) is 22.1.